The molecule has 4 heterocycles. The van der Waals surface area contributed by atoms with Gasteiger partial charge in [0.05, 0.1) is 27.4 Å². The topological polar surface area (TPSA) is 252 Å². The van der Waals surface area contributed by atoms with Crippen LogP contribution in [0.4, 0.5) is 30.2 Å². The number of nitrogens with zero attached hydrogens (tertiary/aromatic N) is 5. The third-order valence-electron chi connectivity index (χ3n) is 19.3. The molecule has 7 amide bonds. The number of sulfone groups is 1. The highest BCUT2D eigenvalue weighted by Gasteiger charge is 2.67. The Labute approximate surface area is 538 Å². The Kier molecular flexibility index (Phi) is 19.0. The summed E-state index contributed by atoms with van der Waals surface area (Å²) in [6, 6.07) is 20.5. The Bertz CT molecular complexity index is 3810. The molecule has 2 atom stereocenters. The zero-order chi connectivity index (χ0) is 65.5. The van der Waals surface area contributed by atoms with Crippen molar-refractivity contribution in [3.05, 3.63) is 119 Å². The zero-order valence-electron chi connectivity index (χ0n) is 51.9. The third-order valence-corrected chi connectivity index (χ3v) is 23.4. The van der Waals surface area contributed by atoms with E-state index in [1.54, 1.807) is 28.2 Å². The summed E-state index contributed by atoms with van der Waals surface area (Å²) in [6.07, 6.45) is 8.52. The fraction of sp³-hybridized carbons (Fsp3) is 0.500. The standard InChI is InChI=1S/C66H78F3N9O11S3/c1-63(2)26-24-44(50(37-63)65-40-64(3,41-65)42-65)38-75-30-32-76(33-31-75)46-18-16-43(17-19-46)59(82)73-92(88,89)48-20-21-51(54(36-48)91(86,87)66(67,68)69)70-45(39-90-47-10-5-4-6-11-47)25-27-74-28-34-77(35-29-74)57(81)15-8-7-14-55(79)71-52-13-9-12-49-58(52)62(85)78(61(49)84)53-22-23-56(80)72-60(53)83/h4-6,9-13,16-21,36,45,53,70H,7-8,14-15,22-35,37-42H2,1-3H3,(H,71,79)(H,73,82)(H,72,80,83)/t45-,53?,64?,65?/m1/s1. The first-order valence-electron chi connectivity index (χ1n) is 31.5. The summed E-state index contributed by atoms with van der Waals surface area (Å²) < 4.78 is 99.9. The number of hydrogen-bond acceptors (Lipinski definition) is 16. The van der Waals surface area contributed by atoms with E-state index in [4.69, 9.17) is 0 Å². The Hall–Kier alpha value is -7.13. The molecule has 3 saturated carbocycles. The first-order chi connectivity index (χ1) is 43.6. The Morgan fingerprint density at radius 2 is 1.45 bits per heavy atom. The predicted molar refractivity (Wildman–Crippen MR) is 341 cm³/mol. The van der Waals surface area contributed by atoms with E-state index in [0.29, 0.717) is 74.3 Å². The lowest BCUT2D eigenvalue weighted by Gasteiger charge is -2.72. The molecule has 0 aromatic heterocycles. The first-order valence-corrected chi connectivity index (χ1v) is 35.5. The molecule has 1 unspecified atom stereocenters. The number of imide groups is 2. The largest absolute Gasteiger partial charge is 0.501 e. The van der Waals surface area contributed by atoms with Crippen molar-refractivity contribution in [3.8, 4) is 0 Å². The number of unbranched alkanes of at least 4 members (excludes halogenated alkanes) is 1. The number of hydrogen-bond donors (Lipinski definition) is 4. The average molecular weight is 1330 g/mol. The molecule has 4 aromatic rings. The lowest BCUT2D eigenvalue weighted by atomic mass is 9.33. The SMILES string of the molecule is CC1(C)CCC(CN2CCN(c3ccc(C(=O)NS(=O)(=O)c4ccc(N[C@H](CCN5CCN(C(=O)CCCCC(=O)Nc6cccc7c6C(=O)N(C6CCC(=O)NC6=O)C7=O)CC5)CSc5ccccc5)c(S(=O)(=O)C(F)(F)F)c4)cc3)CC2)=C(C23CC(C)(C2)C3)C1. The van der Waals surface area contributed by atoms with Gasteiger partial charge in [0.15, 0.2) is 0 Å². The number of benzene rings is 4. The third kappa shape index (κ3) is 14.3. The second kappa shape index (κ2) is 26.3. The average Bonchev–Trinajstić information content (AvgIpc) is 0.776. The first kappa shape index (κ1) is 66.3. The summed E-state index contributed by atoms with van der Waals surface area (Å²) in [6.45, 7) is 13.4. The Morgan fingerprint density at radius 1 is 0.761 bits per heavy atom. The number of sulfonamides is 1. The number of amides is 7. The van der Waals surface area contributed by atoms with Gasteiger partial charge in [0.25, 0.3) is 37.6 Å². The quantitative estimate of drug-likeness (QED) is 0.0235. The number of carbonyl (C=O) groups is 7. The fourth-order valence-corrected chi connectivity index (χ4v) is 17.6. The van der Waals surface area contributed by atoms with Crippen LogP contribution in [0, 0.1) is 16.2 Å². The summed E-state index contributed by atoms with van der Waals surface area (Å²) >= 11 is 1.38. The van der Waals surface area contributed by atoms with E-state index in [1.807, 2.05) is 35.1 Å². The second-order valence-electron chi connectivity index (χ2n) is 26.8. The van der Waals surface area contributed by atoms with Crippen LogP contribution in [-0.2, 0) is 39.0 Å². The maximum absolute atomic E-state index is 14.5. The van der Waals surface area contributed by atoms with E-state index in [2.05, 4.69) is 51.4 Å². The van der Waals surface area contributed by atoms with Gasteiger partial charge in [-0.2, -0.15) is 13.2 Å². The number of carbonyl (C=O) groups excluding carboxylic acids is 7. The van der Waals surface area contributed by atoms with Crippen molar-refractivity contribution in [1.82, 2.24) is 29.6 Å². The van der Waals surface area contributed by atoms with Crippen molar-refractivity contribution >= 4 is 90.0 Å². The maximum atomic E-state index is 14.5. The van der Waals surface area contributed by atoms with Gasteiger partial charge < -0.3 is 20.4 Å². The number of piperazine rings is 2. The molecule has 6 fully saturated rings. The van der Waals surface area contributed by atoms with E-state index in [1.165, 1.54) is 74.2 Å². The van der Waals surface area contributed by atoms with Crippen LogP contribution >= 0.6 is 11.8 Å². The van der Waals surface area contributed by atoms with Crippen LogP contribution in [0.25, 0.3) is 0 Å². The molecular formula is C66H78F3N9O11S3. The predicted octanol–water partition coefficient (Wildman–Crippen LogP) is 8.63. The number of anilines is 3. The molecule has 2 bridgehead atoms. The molecule has 4 aliphatic carbocycles. The number of thioether (sulfide) groups is 1. The summed E-state index contributed by atoms with van der Waals surface area (Å²) in [4.78, 5) is 98.9. The minimum atomic E-state index is -6.18. The van der Waals surface area contributed by atoms with Crippen molar-refractivity contribution in [2.45, 2.75) is 137 Å². The van der Waals surface area contributed by atoms with Gasteiger partial charge in [-0.15, -0.1) is 11.8 Å². The Balaban J connectivity index is 0.669. The lowest BCUT2D eigenvalue weighted by molar-refractivity contribution is -0.167. The molecule has 4 aliphatic heterocycles. The molecular weight excluding hydrogens is 1250 g/mol. The van der Waals surface area contributed by atoms with Crippen molar-refractivity contribution in [1.29, 1.82) is 0 Å². The number of alkyl halides is 3. The minimum absolute atomic E-state index is 0.000487. The summed E-state index contributed by atoms with van der Waals surface area (Å²) in [5, 5.41) is 7.83. The van der Waals surface area contributed by atoms with Gasteiger partial charge in [-0.3, -0.25) is 53.6 Å². The van der Waals surface area contributed by atoms with Gasteiger partial charge in [0, 0.05) is 113 Å². The van der Waals surface area contributed by atoms with E-state index in [9.17, 15) is 63.6 Å². The van der Waals surface area contributed by atoms with Gasteiger partial charge in [0.2, 0.25) is 23.6 Å². The molecule has 0 radical (unpaired) electrons. The fourth-order valence-electron chi connectivity index (χ4n) is 14.6. The van der Waals surface area contributed by atoms with Crippen molar-refractivity contribution in [2.75, 3.05) is 86.7 Å². The normalized spacial score (nSPS) is 23.1. The molecule has 492 valence electrons. The number of fused-ring (bicyclic) bond motifs is 1. The molecule has 3 saturated heterocycles. The van der Waals surface area contributed by atoms with E-state index >= 15 is 0 Å². The number of nitrogens with one attached hydrogen (secondary N) is 4. The highest BCUT2D eigenvalue weighted by molar-refractivity contribution is 7.99. The van der Waals surface area contributed by atoms with Crippen LogP contribution in [0.2, 0.25) is 0 Å². The monoisotopic (exact) mass is 1330 g/mol. The summed E-state index contributed by atoms with van der Waals surface area (Å²) in [5.41, 5.74) is -0.797. The molecule has 0 spiro atoms. The van der Waals surface area contributed by atoms with Gasteiger partial charge in [0.1, 0.15) is 10.9 Å². The number of halogens is 3. The molecule has 4 N–H and O–H groups in total. The highest BCUT2D eigenvalue weighted by atomic mass is 32.2. The molecule has 26 heteroatoms. The minimum Gasteiger partial charge on any atom is -0.380 e. The number of allylic oxidation sites excluding steroid dienone is 1. The van der Waals surface area contributed by atoms with Crippen molar-refractivity contribution in [2.24, 2.45) is 16.2 Å². The van der Waals surface area contributed by atoms with Crippen molar-refractivity contribution < 1.29 is 63.6 Å². The van der Waals surface area contributed by atoms with Crippen LogP contribution in [0.3, 0.4) is 0 Å². The second-order valence-corrected chi connectivity index (χ2v) is 31.5. The zero-order valence-corrected chi connectivity index (χ0v) is 54.3. The summed E-state index contributed by atoms with van der Waals surface area (Å²) in [5.74, 6) is -4.11. The molecule has 4 aromatic carbocycles. The highest BCUT2D eigenvalue weighted by Crippen LogP contribution is 2.77. The van der Waals surface area contributed by atoms with Gasteiger partial charge >= 0.3 is 5.51 Å². The van der Waals surface area contributed by atoms with Crippen LogP contribution in [-0.4, -0.2) is 167 Å². The molecule has 8 aliphatic rings. The Morgan fingerprint density at radius 3 is 2.12 bits per heavy atom. The maximum Gasteiger partial charge on any atom is 0.501 e. The molecule has 12 rings (SSSR count). The lowest BCUT2D eigenvalue weighted by Crippen LogP contribution is -2.61. The number of piperidine rings is 1. The molecule has 20 nitrogen and oxygen atoms in total. The van der Waals surface area contributed by atoms with E-state index in [-0.39, 0.29) is 59.7 Å². The van der Waals surface area contributed by atoms with Gasteiger partial charge in [-0.1, -0.05) is 56.2 Å². The van der Waals surface area contributed by atoms with Crippen LogP contribution in [0.15, 0.2) is 117 Å². The smallest absolute Gasteiger partial charge is 0.380 e. The summed E-state index contributed by atoms with van der Waals surface area (Å²) in [7, 11) is -11.1. The molecule has 92 heavy (non-hydrogen) atoms. The van der Waals surface area contributed by atoms with Crippen LogP contribution in [0.1, 0.15) is 135 Å². The van der Waals surface area contributed by atoms with Gasteiger partial charge in [-0.25, -0.2) is 21.6 Å². The van der Waals surface area contributed by atoms with Crippen LogP contribution < -0.4 is 25.6 Å². The number of rotatable bonds is 23. The van der Waals surface area contributed by atoms with E-state index < -0.39 is 88.4 Å². The van der Waals surface area contributed by atoms with Crippen molar-refractivity contribution in [3.63, 3.8) is 0 Å². The van der Waals surface area contributed by atoms with Gasteiger partial charge in [-0.05, 0) is 147 Å². The van der Waals surface area contributed by atoms with Crippen LogP contribution in [0.5, 0.6) is 0 Å². The van der Waals surface area contributed by atoms with E-state index in [0.717, 1.165) is 66.8 Å².